The first-order valence-electron chi connectivity index (χ1n) is 7.92. The molecule has 2 aromatic rings. The zero-order valence-corrected chi connectivity index (χ0v) is 17.3. The number of halogens is 2. The van der Waals surface area contributed by atoms with Gasteiger partial charge in [-0.3, -0.25) is 4.99 Å². The van der Waals surface area contributed by atoms with Crippen LogP contribution in [-0.2, 0) is 6.54 Å². The number of benzene rings is 2. The van der Waals surface area contributed by atoms with E-state index in [0.717, 1.165) is 22.6 Å². The second kappa shape index (κ2) is 9.84. The lowest BCUT2D eigenvalue weighted by Crippen LogP contribution is -2.39. The fourth-order valence-electron chi connectivity index (χ4n) is 2.45. The van der Waals surface area contributed by atoms with Gasteiger partial charge in [0, 0.05) is 25.2 Å². The summed E-state index contributed by atoms with van der Waals surface area (Å²) in [7, 11) is 1.68. The number of fused-ring (bicyclic) bond motifs is 1. The number of hydrogen-bond donors (Lipinski definition) is 3. The van der Waals surface area contributed by atoms with Gasteiger partial charge in [0.2, 0.25) is 6.79 Å². The first-order chi connectivity index (χ1) is 12.2. The van der Waals surface area contributed by atoms with Crippen molar-refractivity contribution in [1.29, 1.82) is 0 Å². The van der Waals surface area contributed by atoms with E-state index in [1.807, 2.05) is 18.2 Å². The van der Waals surface area contributed by atoms with Crippen LogP contribution in [0.25, 0.3) is 0 Å². The van der Waals surface area contributed by atoms with E-state index in [1.54, 1.807) is 31.3 Å². The summed E-state index contributed by atoms with van der Waals surface area (Å²) >= 11 is 5.86. The van der Waals surface area contributed by atoms with Gasteiger partial charge in [0.25, 0.3) is 0 Å². The maximum atomic E-state index is 10.2. The number of rotatable bonds is 5. The Labute approximate surface area is 174 Å². The van der Waals surface area contributed by atoms with Gasteiger partial charge >= 0.3 is 0 Å². The fraction of sp³-hybridized carbons (Fsp3) is 0.278. The molecule has 0 radical (unpaired) electrons. The van der Waals surface area contributed by atoms with Crippen LogP contribution in [-0.4, -0.2) is 31.5 Å². The summed E-state index contributed by atoms with van der Waals surface area (Å²) in [5.74, 6) is 2.11. The van der Waals surface area contributed by atoms with Gasteiger partial charge in [-0.15, -0.1) is 24.0 Å². The molecule has 8 heteroatoms. The third kappa shape index (κ3) is 5.39. The van der Waals surface area contributed by atoms with Crippen LogP contribution in [0.5, 0.6) is 11.5 Å². The molecule has 0 amide bonds. The molecule has 1 heterocycles. The van der Waals surface area contributed by atoms with E-state index in [4.69, 9.17) is 21.1 Å². The van der Waals surface area contributed by atoms with E-state index in [0.29, 0.717) is 24.1 Å². The van der Waals surface area contributed by atoms with Crippen molar-refractivity contribution < 1.29 is 14.6 Å². The molecular weight excluding hydrogens is 469 g/mol. The summed E-state index contributed by atoms with van der Waals surface area (Å²) in [5.41, 5.74) is 1.84. The predicted molar refractivity (Wildman–Crippen MR) is 113 cm³/mol. The molecule has 0 saturated carbocycles. The van der Waals surface area contributed by atoms with Crippen molar-refractivity contribution in [1.82, 2.24) is 10.6 Å². The normalized spacial score (nSPS) is 13.7. The molecule has 1 aliphatic rings. The Balaban J connectivity index is 0.00000243. The van der Waals surface area contributed by atoms with Gasteiger partial charge in [-0.1, -0.05) is 29.8 Å². The maximum Gasteiger partial charge on any atom is 0.231 e. The van der Waals surface area contributed by atoms with Gasteiger partial charge < -0.3 is 25.2 Å². The zero-order chi connectivity index (χ0) is 17.6. The number of hydrogen-bond acceptors (Lipinski definition) is 4. The van der Waals surface area contributed by atoms with E-state index < -0.39 is 6.10 Å². The molecule has 0 fully saturated rings. The molecular formula is C18H21ClIN3O3. The summed E-state index contributed by atoms with van der Waals surface area (Å²) < 4.78 is 10.7. The molecule has 1 atom stereocenters. The summed E-state index contributed by atoms with van der Waals surface area (Å²) in [6.45, 7) is 1.17. The van der Waals surface area contributed by atoms with Crippen LogP contribution in [0.3, 0.4) is 0 Å². The van der Waals surface area contributed by atoms with Crippen LogP contribution in [0, 0.1) is 0 Å². The Hall–Kier alpha value is -1.71. The van der Waals surface area contributed by atoms with E-state index in [9.17, 15) is 5.11 Å². The number of aliphatic hydroxyl groups excluding tert-OH is 1. The topological polar surface area (TPSA) is 75.1 Å². The lowest BCUT2D eigenvalue weighted by Gasteiger charge is -2.16. The SMILES string of the molecule is CN=C(NCc1ccc2c(c1)OCO2)NCC(O)c1ccc(Cl)cc1.I. The fourth-order valence-corrected chi connectivity index (χ4v) is 2.58. The monoisotopic (exact) mass is 489 g/mol. The van der Waals surface area contributed by atoms with Gasteiger partial charge in [-0.05, 0) is 35.4 Å². The van der Waals surface area contributed by atoms with Crippen molar-refractivity contribution >= 4 is 41.5 Å². The quantitative estimate of drug-likeness (QED) is 0.342. The van der Waals surface area contributed by atoms with Gasteiger partial charge in [-0.2, -0.15) is 0 Å². The Kier molecular flexibility index (Phi) is 7.80. The van der Waals surface area contributed by atoms with Gasteiger partial charge in [-0.25, -0.2) is 0 Å². The van der Waals surface area contributed by atoms with Crippen molar-refractivity contribution in [3.05, 3.63) is 58.6 Å². The molecule has 26 heavy (non-hydrogen) atoms. The number of nitrogens with zero attached hydrogens (tertiary/aromatic N) is 1. The summed E-state index contributed by atoms with van der Waals surface area (Å²) in [6.07, 6.45) is -0.652. The Morgan fingerprint density at radius 2 is 1.88 bits per heavy atom. The average molecular weight is 490 g/mol. The number of guanidine groups is 1. The standard InChI is InChI=1S/C18H20ClN3O3.HI/c1-20-18(22-10-15(23)13-3-5-14(19)6-4-13)21-9-12-2-7-16-17(8-12)25-11-24-16;/h2-8,15,23H,9-11H2,1H3,(H2,20,21,22);1H. The molecule has 3 rings (SSSR count). The predicted octanol–water partition coefficient (Wildman–Crippen LogP) is 3.09. The number of aliphatic hydroxyl groups is 1. The number of ether oxygens (including phenoxy) is 2. The van der Waals surface area contributed by atoms with Gasteiger partial charge in [0.1, 0.15) is 0 Å². The zero-order valence-electron chi connectivity index (χ0n) is 14.2. The molecule has 0 aromatic heterocycles. The van der Waals surface area contributed by atoms with E-state index >= 15 is 0 Å². The van der Waals surface area contributed by atoms with Crippen LogP contribution in [0.15, 0.2) is 47.5 Å². The third-order valence-electron chi connectivity index (χ3n) is 3.84. The highest BCUT2D eigenvalue weighted by Crippen LogP contribution is 2.32. The van der Waals surface area contributed by atoms with Crippen molar-refractivity contribution in [3.63, 3.8) is 0 Å². The minimum atomic E-state index is -0.652. The average Bonchev–Trinajstić information content (AvgIpc) is 3.10. The Morgan fingerprint density at radius 1 is 1.15 bits per heavy atom. The van der Waals surface area contributed by atoms with Crippen molar-refractivity contribution in [2.45, 2.75) is 12.6 Å². The van der Waals surface area contributed by atoms with Gasteiger partial charge in [0.15, 0.2) is 17.5 Å². The molecule has 1 unspecified atom stereocenters. The van der Waals surface area contributed by atoms with E-state index in [1.165, 1.54) is 0 Å². The summed E-state index contributed by atoms with van der Waals surface area (Å²) in [6, 6.07) is 12.9. The largest absolute Gasteiger partial charge is 0.454 e. The molecule has 0 saturated heterocycles. The summed E-state index contributed by atoms with van der Waals surface area (Å²) in [4.78, 5) is 4.16. The van der Waals surface area contributed by atoms with Crippen molar-refractivity contribution in [2.24, 2.45) is 4.99 Å². The first-order valence-corrected chi connectivity index (χ1v) is 8.30. The van der Waals surface area contributed by atoms with E-state index in [-0.39, 0.29) is 30.8 Å². The molecule has 140 valence electrons. The summed E-state index contributed by atoms with van der Waals surface area (Å²) in [5, 5.41) is 17.2. The minimum absolute atomic E-state index is 0. The lowest BCUT2D eigenvalue weighted by molar-refractivity contribution is 0.174. The molecule has 0 bridgehead atoms. The second-order valence-electron chi connectivity index (χ2n) is 5.56. The molecule has 3 N–H and O–H groups in total. The molecule has 0 aliphatic carbocycles. The van der Waals surface area contributed by atoms with Crippen LogP contribution in [0.4, 0.5) is 0 Å². The highest BCUT2D eigenvalue weighted by atomic mass is 127. The third-order valence-corrected chi connectivity index (χ3v) is 4.09. The van der Waals surface area contributed by atoms with Crippen LogP contribution >= 0.6 is 35.6 Å². The highest BCUT2D eigenvalue weighted by Gasteiger charge is 2.13. The van der Waals surface area contributed by atoms with Gasteiger partial charge in [0.05, 0.1) is 6.10 Å². The van der Waals surface area contributed by atoms with E-state index in [2.05, 4.69) is 15.6 Å². The lowest BCUT2D eigenvalue weighted by atomic mass is 10.1. The van der Waals surface area contributed by atoms with Crippen molar-refractivity contribution in [3.8, 4) is 11.5 Å². The highest BCUT2D eigenvalue weighted by molar-refractivity contribution is 14.0. The molecule has 0 spiro atoms. The Bertz CT molecular complexity index is 756. The number of nitrogens with one attached hydrogen (secondary N) is 2. The van der Waals surface area contributed by atoms with Crippen LogP contribution < -0.4 is 20.1 Å². The van der Waals surface area contributed by atoms with Crippen molar-refractivity contribution in [2.75, 3.05) is 20.4 Å². The molecule has 1 aliphatic heterocycles. The smallest absolute Gasteiger partial charge is 0.231 e. The second-order valence-corrected chi connectivity index (χ2v) is 6.00. The first kappa shape index (κ1) is 20.6. The number of aliphatic imine (C=N–C) groups is 1. The molecule has 6 nitrogen and oxygen atoms in total. The Morgan fingerprint density at radius 3 is 2.62 bits per heavy atom. The minimum Gasteiger partial charge on any atom is -0.454 e. The molecule has 2 aromatic carbocycles. The maximum absolute atomic E-state index is 10.2. The van der Waals surface area contributed by atoms with Crippen LogP contribution in [0.1, 0.15) is 17.2 Å². The van der Waals surface area contributed by atoms with Crippen LogP contribution in [0.2, 0.25) is 5.02 Å².